The van der Waals surface area contributed by atoms with Crippen LogP contribution in [0.4, 0.5) is 9.18 Å². The maximum absolute atomic E-state index is 13.7. The number of halogens is 2. The highest BCUT2D eigenvalue weighted by molar-refractivity contribution is 6.30. The largest absolute Gasteiger partial charge is 0.372 e. The van der Waals surface area contributed by atoms with Crippen LogP contribution in [0.1, 0.15) is 37.9 Å². The highest BCUT2D eigenvalue weighted by atomic mass is 35.5. The van der Waals surface area contributed by atoms with Crippen molar-refractivity contribution in [3.05, 3.63) is 34.6 Å². The fourth-order valence-electron chi connectivity index (χ4n) is 2.84. The third-order valence-corrected chi connectivity index (χ3v) is 4.68. The minimum Gasteiger partial charge on any atom is -0.372 e. The molecule has 0 bridgehead atoms. The molecule has 0 radical (unpaired) electrons. The molecule has 3 rings (SSSR count). The van der Waals surface area contributed by atoms with E-state index in [9.17, 15) is 14.0 Å². The number of carbonyl (C=O) groups excluding carboxylic acids is 2. The molecule has 8 heteroatoms. The van der Waals surface area contributed by atoms with Gasteiger partial charge in [0.1, 0.15) is 5.82 Å². The van der Waals surface area contributed by atoms with Crippen LogP contribution >= 0.6 is 11.6 Å². The number of hydrogen-bond acceptors (Lipinski definition) is 4. The molecule has 2 fully saturated rings. The summed E-state index contributed by atoms with van der Waals surface area (Å²) in [4.78, 5) is 23.8. The van der Waals surface area contributed by atoms with Crippen molar-refractivity contribution in [1.29, 1.82) is 0 Å². The average molecular weight is 370 g/mol. The van der Waals surface area contributed by atoms with Gasteiger partial charge in [-0.1, -0.05) is 17.7 Å². The second-order valence-electron chi connectivity index (χ2n) is 6.49. The minimum absolute atomic E-state index is 0.0562. The predicted octanol–water partition coefficient (Wildman–Crippen LogP) is 2.28. The highest BCUT2D eigenvalue weighted by Gasteiger charge is 2.33. The Morgan fingerprint density at radius 3 is 2.76 bits per heavy atom. The van der Waals surface area contributed by atoms with Gasteiger partial charge in [0.05, 0.1) is 17.2 Å². The van der Waals surface area contributed by atoms with Crippen molar-refractivity contribution in [2.24, 2.45) is 0 Å². The van der Waals surface area contributed by atoms with Gasteiger partial charge in [-0.05, 0) is 43.9 Å². The van der Waals surface area contributed by atoms with E-state index >= 15 is 0 Å². The quantitative estimate of drug-likeness (QED) is 0.744. The van der Waals surface area contributed by atoms with Crippen molar-refractivity contribution in [3.63, 3.8) is 0 Å². The topological polar surface area (TPSA) is 79.5 Å². The summed E-state index contributed by atoms with van der Waals surface area (Å²) in [5.41, 5.74) is 0.663. The Morgan fingerprint density at radius 2 is 2.08 bits per heavy atom. The summed E-state index contributed by atoms with van der Waals surface area (Å²) in [7, 11) is 0. The number of carbonyl (C=O) groups is 2. The molecule has 6 nitrogen and oxygen atoms in total. The smallest absolute Gasteiger partial charge is 0.321 e. The van der Waals surface area contributed by atoms with E-state index in [1.807, 2.05) is 0 Å². The maximum atomic E-state index is 13.7. The SMILES string of the molecule is CC(N[C@@H]1CCO[C@H]1c1ccc(Cl)c(F)c1)C(=O)NC(=O)NC1CC1. The van der Waals surface area contributed by atoms with Gasteiger partial charge < -0.3 is 15.4 Å². The van der Waals surface area contributed by atoms with Gasteiger partial charge in [-0.2, -0.15) is 0 Å². The van der Waals surface area contributed by atoms with Crippen LogP contribution in [-0.4, -0.2) is 36.7 Å². The van der Waals surface area contributed by atoms with E-state index < -0.39 is 23.8 Å². The third-order valence-electron chi connectivity index (χ3n) is 4.37. The molecule has 1 saturated heterocycles. The van der Waals surface area contributed by atoms with Gasteiger partial charge in [-0.25, -0.2) is 9.18 Å². The van der Waals surface area contributed by atoms with E-state index in [0.717, 1.165) is 12.8 Å². The molecule has 1 heterocycles. The molecule has 0 spiro atoms. The third kappa shape index (κ3) is 4.68. The normalized spacial score (nSPS) is 24.0. The molecule has 1 aliphatic heterocycles. The summed E-state index contributed by atoms with van der Waals surface area (Å²) in [5, 5.41) is 8.25. The fourth-order valence-corrected chi connectivity index (χ4v) is 2.96. The molecule has 3 atom stereocenters. The van der Waals surface area contributed by atoms with Gasteiger partial charge >= 0.3 is 6.03 Å². The van der Waals surface area contributed by atoms with Gasteiger partial charge in [0.2, 0.25) is 5.91 Å². The number of imide groups is 1. The predicted molar refractivity (Wildman–Crippen MR) is 90.8 cm³/mol. The lowest BCUT2D eigenvalue weighted by Gasteiger charge is -2.24. The first kappa shape index (κ1) is 18.1. The van der Waals surface area contributed by atoms with Crippen molar-refractivity contribution >= 4 is 23.5 Å². The Kier molecular flexibility index (Phi) is 5.56. The van der Waals surface area contributed by atoms with E-state index in [2.05, 4.69) is 16.0 Å². The Hall–Kier alpha value is -1.70. The standard InChI is InChI=1S/C17H21ClFN3O3/c1-9(16(23)22-17(24)21-11-3-4-11)20-14-6-7-25-15(14)10-2-5-12(18)13(19)8-10/h2,5,8-9,11,14-15,20H,3-4,6-7H2,1H3,(H2,21,22,23,24)/t9?,14-,15+/m1/s1. The minimum atomic E-state index is -0.587. The van der Waals surface area contributed by atoms with Crippen LogP contribution in [0.3, 0.4) is 0 Å². The van der Waals surface area contributed by atoms with E-state index in [0.29, 0.717) is 18.6 Å². The van der Waals surface area contributed by atoms with E-state index in [1.54, 1.807) is 13.0 Å². The monoisotopic (exact) mass is 369 g/mol. The van der Waals surface area contributed by atoms with E-state index in [4.69, 9.17) is 16.3 Å². The zero-order valence-electron chi connectivity index (χ0n) is 13.9. The molecule has 2 aliphatic rings. The molecule has 1 aliphatic carbocycles. The first-order chi connectivity index (χ1) is 11.9. The van der Waals surface area contributed by atoms with Gasteiger partial charge in [0.15, 0.2) is 0 Å². The summed E-state index contributed by atoms with van der Waals surface area (Å²) in [5.74, 6) is -0.915. The lowest BCUT2D eigenvalue weighted by atomic mass is 10.0. The summed E-state index contributed by atoms with van der Waals surface area (Å²) in [6, 6.07) is 3.52. The van der Waals surface area contributed by atoms with Gasteiger partial charge in [-0.3, -0.25) is 10.1 Å². The molecule has 3 amide bonds. The molecule has 0 aromatic heterocycles. The first-order valence-corrected chi connectivity index (χ1v) is 8.76. The second-order valence-corrected chi connectivity index (χ2v) is 6.89. The van der Waals surface area contributed by atoms with Crippen LogP contribution in [0.5, 0.6) is 0 Å². The summed E-state index contributed by atoms with van der Waals surface area (Å²) >= 11 is 5.72. The molecule has 1 unspecified atom stereocenters. The molecule has 1 aromatic rings. The van der Waals surface area contributed by atoms with Crippen LogP contribution in [0, 0.1) is 5.82 Å². The Labute approximate surface area is 150 Å². The summed E-state index contributed by atoms with van der Waals surface area (Å²) < 4.78 is 19.4. The van der Waals surface area contributed by atoms with Crippen molar-refractivity contribution in [1.82, 2.24) is 16.0 Å². The summed E-state index contributed by atoms with van der Waals surface area (Å²) in [6.45, 7) is 2.18. The molecule has 25 heavy (non-hydrogen) atoms. The molecular weight excluding hydrogens is 349 g/mol. The van der Waals surface area contributed by atoms with Crippen molar-refractivity contribution < 1.29 is 18.7 Å². The lowest BCUT2D eigenvalue weighted by molar-refractivity contribution is -0.121. The van der Waals surface area contributed by atoms with Gasteiger partial charge in [0, 0.05) is 18.7 Å². The number of ether oxygens (including phenoxy) is 1. The molecule has 1 saturated carbocycles. The average Bonchev–Trinajstić information content (AvgIpc) is 3.25. The Bertz CT molecular complexity index is 669. The van der Waals surface area contributed by atoms with Crippen molar-refractivity contribution in [2.75, 3.05) is 6.61 Å². The van der Waals surface area contributed by atoms with E-state index in [-0.39, 0.29) is 23.2 Å². The fraction of sp³-hybridized carbons (Fsp3) is 0.529. The number of urea groups is 1. The first-order valence-electron chi connectivity index (χ1n) is 8.38. The van der Waals surface area contributed by atoms with Gasteiger partial charge in [-0.15, -0.1) is 0 Å². The number of hydrogen-bond donors (Lipinski definition) is 3. The molecule has 1 aromatic carbocycles. The van der Waals surface area contributed by atoms with Crippen LogP contribution in [0.15, 0.2) is 18.2 Å². The zero-order chi connectivity index (χ0) is 18.0. The number of rotatable bonds is 5. The number of nitrogens with one attached hydrogen (secondary N) is 3. The Morgan fingerprint density at radius 1 is 1.32 bits per heavy atom. The van der Waals surface area contributed by atoms with Crippen LogP contribution in [0.25, 0.3) is 0 Å². The number of benzene rings is 1. The van der Waals surface area contributed by atoms with Crippen molar-refractivity contribution in [2.45, 2.75) is 50.4 Å². The maximum Gasteiger partial charge on any atom is 0.321 e. The zero-order valence-corrected chi connectivity index (χ0v) is 14.6. The van der Waals surface area contributed by atoms with Crippen LogP contribution in [0.2, 0.25) is 5.02 Å². The summed E-state index contributed by atoms with van der Waals surface area (Å²) in [6.07, 6.45) is 2.21. The lowest BCUT2D eigenvalue weighted by Crippen LogP contribution is -2.51. The van der Waals surface area contributed by atoms with E-state index in [1.165, 1.54) is 12.1 Å². The van der Waals surface area contributed by atoms with Crippen LogP contribution in [-0.2, 0) is 9.53 Å². The van der Waals surface area contributed by atoms with Crippen molar-refractivity contribution in [3.8, 4) is 0 Å². The van der Waals surface area contributed by atoms with Crippen LogP contribution < -0.4 is 16.0 Å². The molecule has 3 N–H and O–H groups in total. The number of amides is 3. The van der Waals surface area contributed by atoms with Gasteiger partial charge in [0.25, 0.3) is 0 Å². The second kappa shape index (κ2) is 7.68. The highest BCUT2D eigenvalue weighted by Crippen LogP contribution is 2.31. The Balaban J connectivity index is 1.57. The molecule has 136 valence electrons. The molecular formula is C17H21ClFN3O3.